The summed E-state index contributed by atoms with van der Waals surface area (Å²) >= 11 is 0. The second-order valence-electron chi connectivity index (χ2n) is 4.51. The third kappa shape index (κ3) is 2.46. The molecule has 0 aliphatic rings. The molecule has 0 aliphatic carbocycles. The first kappa shape index (κ1) is 11.6. The zero-order valence-electron chi connectivity index (χ0n) is 10.4. The van der Waals surface area contributed by atoms with Crippen LogP contribution >= 0.6 is 0 Å². The predicted molar refractivity (Wildman–Crippen MR) is 69.0 cm³/mol. The lowest BCUT2D eigenvalue weighted by molar-refractivity contribution is 0.415. The van der Waals surface area contributed by atoms with Crippen LogP contribution in [0.5, 0.6) is 5.75 Å². The van der Waals surface area contributed by atoms with Crippen molar-refractivity contribution in [2.75, 3.05) is 12.8 Å². The van der Waals surface area contributed by atoms with Gasteiger partial charge in [0, 0.05) is 11.5 Å². The zero-order chi connectivity index (χ0) is 12.4. The average Bonchev–Trinajstić information content (AvgIpc) is 2.27. The molecule has 0 saturated heterocycles. The summed E-state index contributed by atoms with van der Waals surface area (Å²) in [5.41, 5.74) is 7.57. The highest BCUT2D eigenvalue weighted by atomic mass is 16.5. The van der Waals surface area contributed by atoms with E-state index in [2.05, 4.69) is 23.8 Å². The molecule has 0 atom stereocenters. The Balaban J connectivity index is 2.59. The summed E-state index contributed by atoms with van der Waals surface area (Å²) in [7, 11) is 1.64. The van der Waals surface area contributed by atoms with Crippen LogP contribution in [0.4, 0.5) is 5.95 Å². The Kier molecular flexibility index (Phi) is 3.13. The number of ether oxygens (including phenoxy) is 1. The molecule has 0 aliphatic heterocycles. The van der Waals surface area contributed by atoms with Gasteiger partial charge in [-0.2, -0.15) is 0 Å². The number of methoxy groups -OCH3 is 1. The number of benzene rings is 1. The molecular weight excluding hydrogens is 214 g/mol. The van der Waals surface area contributed by atoms with Crippen LogP contribution in [-0.4, -0.2) is 17.1 Å². The zero-order valence-corrected chi connectivity index (χ0v) is 10.4. The lowest BCUT2D eigenvalue weighted by Crippen LogP contribution is -2.04. The molecule has 90 valence electrons. The molecule has 0 saturated carbocycles. The predicted octanol–water partition coefficient (Wildman–Crippen LogP) is 2.42. The van der Waals surface area contributed by atoms with Crippen LogP contribution in [0.15, 0.2) is 18.2 Å². The third-order valence-corrected chi connectivity index (χ3v) is 2.60. The van der Waals surface area contributed by atoms with E-state index >= 15 is 0 Å². The Bertz CT molecular complexity index is 537. The second kappa shape index (κ2) is 4.57. The molecular formula is C13H17N3O. The topological polar surface area (TPSA) is 61.0 Å². The number of nitrogen functional groups attached to an aromatic ring is 1. The van der Waals surface area contributed by atoms with Gasteiger partial charge in [-0.3, -0.25) is 0 Å². The molecule has 0 radical (unpaired) electrons. The fraction of sp³-hybridized carbons (Fsp3) is 0.385. The molecule has 0 unspecified atom stereocenters. The summed E-state index contributed by atoms with van der Waals surface area (Å²) in [6.07, 6.45) is 0.898. The average molecular weight is 231 g/mol. The Morgan fingerprint density at radius 2 is 2.06 bits per heavy atom. The summed E-state index contributed by atoms with van der Waals surface area (Å²) in [5, 5.41) is 1.05. The van der Waals surface area contributed by atoms with Gasteiger partial charge in [0.05, 0.1) is 18.3 Å². The maximum Gasteiger partial charge on any atom is 0.220 e. The lowest BCUT2D eigenvalue weighted by atomic mass is 10.0. The van der Waals surface area contributed by atoms with Crippen LogP contribution in [0.3, 0.4) is 0 Å². The number of hydrogen-bond acceptors (Lipinski definition) is 4. The fourth-order valence-electron chi connectivity index (χ4n) is 1.86. The molecule has 2 rings (SSSR count). The summed E-state index contributed by atoms with van der Waals surface area (Å²) in [6.45, 7) is 4.32. The molecule has 4 nitrogen and oxygen atoms in total. The number of hydrogen-bond donors (Lipinski definition) is 1. The minimum atomic E-state index is 0.321. The number of nitrogens with zero attached hydrogens (tertiary/aromatic N) is 2. The van der Waals surface area contributed by atoms with E-state index in [1.54, 1.807) is 7.11 Å². The van der Waals surface area contributed by atoms with Crippen molar-refractivity contribution < 1.29 is 4.74 Å². The lowest BCUT2D eigenvalue weighted by Gasteiger charge is -2.09. The molecule has 4 heteroatoms. The highest BCUT2D eigenvalue weighted by Gasteiger charge is 2.08. The number of fused-ring (bicyclic) bond motifs is 1. The Labute approximate surface area is 101 Å². The summed E-state index contributed by atoms with van der Waals surface area (Å²) in [4.78, 5) is 8.56. The van der Waals surface area contributed by atoms with E-state index in [1.807, 2.05) is 18.2 Å². The maximum absolute atomic E-state index is 5.73. The molecule has 1 aromatic carbocycles. The van der Waals surface area contributed by atoms with Gasteiger partial charge >= 0.3 is 0 Å². The highest BCUT2D eigenvalue weighted by molar-refractivity contribution is 5.83. The Morgan fingerprint density at radius 3 is 2.71 bits per heavy atom. The second-order valence-corrected chi connectivity index (χ2v) is 4.51. The Hall–Kier alpha value is -1.84. The van der Waals surface area contributed by atoms with Gasteiger partial charge in [0.25, 0.3) is 0 Å². The van der Waals surface area contributed by atoms with Crippen LogP contribution in [0.2, 0.25) is 0 Å². The van der Waals surface area contributed by atoms with E-state index in [0.29, 0.717) is 11.9 Å². The third-order valence-electron chi connectivity index (χ3n) is 2.60. The van der Waals surface area contributed by atoms with Gasteiger partial charge in [-0.1, -0.05) is 13.8 Å². The van der Waals surface area contributed by atoms with Crippen molar-refractivity contribution in [2.24, 2.45) is 5.92 Å². The van der Waals surface area contributed by atoms with Crippen molar-refractivity contribution in [2.45, 2.75) is 20.3 Å². The molecule has 2 N–H and O–H groups in total. The summed E-state index contributed by atoms with van der Waals surface area (Å²) in [6, 6.07) is 5.80. The van der Waals surface area contributed by atoms with Gasteiger partial charge in [0.1, 0.15) is 5.75 Å². The standard InChI is InChI=1S/C13H17N3O/c1-8(2)6-11-10-5-4-9(17-3)7-12(10)16-13(14)15-11/h4-5,7-8H,6H2,1-3H3,(H2,14,15,16). The van der Waals surface area contributed by atoms with Crippen molar-refractivity contribution >= 4 is 16.9 Å². The first-order valence-corrected chi connectivity index (χ1v) is 5.70. The molecule has 17 heavy (non-hydrogen) atoms. The molecule has 0 amide bonds. The first-order chi connectivity index (χ1) is 8.10. The molecule has 0 fully saturated rings. The first-order valence-electron chi connectivity index (χ1n) is 5.70. The highest BCUT2D eigenvalue weighted by Crippen LogP contribution is 2.23. The van der Waals surface area contributed by atoms with Crippen LogP contribution in [0.25, 0.3) is 10.9 Å². The van der Waals surface area contributed by atoms with Gasteiger partial charge in [0.15, 0.2) is 0 Å². The summed E-state index contributed by atoms with van der Waals surface area (Å²) in [5.74, 6) is 1.64. The quantitative estimate of drug-likeness (QED) is 0.881. The number of nitrogens with two attached hydrogens (primary N) is 1. The minimum absolute atomic E-state index is 0.321. The summed E-state index contributed by atoms with van der Waals surface area (Å²) < 4.78 is 5.18. The van der Waals surface area contributed by atoms with Crippen molar-refractivity contribution in [1.29, 1.82) is 0 Å². The number of aromatic nitrogens is 2. The van der Waals surface area contributed by atoms with Gasteiger partial charge in [-0.25, -0.2) is 9.97 Å². The monoisotopic (exact) mass is 231 g/mol. The van der Waals surface area contributed by atoms with Crippen LogP contribution in [-0.2, 0) is 6.42 Å². The van der Waals surface area contributed by atoms with E-state index in [1.165, 1.54) is 0 Å². The van der Waals surface area contributed by atoms with Crippen LogP contribution in [0, 0.1) is 5.92 Å². The number of rotatable bonds is 3. The molecule has 0 spiro atoms. The normalized spacial score (nSPS) is 11.1. The van der Waals surface area contributed by atoms with E-state index in [9.17, 15) is 0 Å². The van der Waals surface area contributed by atoms with Crippen molar-refractivity contribution in [3.05, 3.63) is 23.9 Å². The van der Waals surface area contributed by atoms with Crippen molar-refractivity contribution in [1.82, 2.24) is 9.97 Å². The van der Waals surface area contributed by atoms with Gasteiger partial charge in [0.2, 0.25) is 5.95 Å². The molecule has 2 aromatic rings. The van der Waals surface area contributed by atoms with Gasteiger partial charge in [-0.15, -0.1) is 0 Å². The molecule has 1 heterocycles. The van der Waals surface area contributed by atoms with Gasteiger partial charge < -0.3 is 10.5 Å². The fourth-order valence-corrected chi connectivity index (χ4v) is 1.86. The SMILES string of the molecule is COc1ccc2c(CC(C)C)nc(N)nc2c1. The largest absolute Gasteiger partial charge is 0.497 e. The smallest absolute Gasteiger partial charge is 0.220 e. The molecule has 0 bridgehead atoms. The van der Waals surface area contributed by atoms with Crippen molar-refractivity contribution in [3.8, 4) is 5.75 Å². The number of anilines is 1. The van der Waals surface area contributed by atoms with E-state index in [4.69, 9.17) is 10.5 Å². The Morgan fingerprint density at radius 1 is 1.29 bits per heavy atom. The van der Waals surface area contributed by atoms with Crippen LogP contribution in [0.1, 0.15) is 19.5 Å². The van der Waals surface area contributed by atoms with E-state index in [-0.39, 0.29) is 0 Å². The molecule has 1 aromatic heterocycles. The maximum atomic E-state index is 5.73. The van der Waals surface area contributed by atoms with E-state index in [0.717, 1.165) is 28.8 Å². The van der Waals surface area contributed by atoms with Gasteiger partial charge in [-0.05, 0) is 24.5 Å². The van der Waals surface area contributed by atoms with Crippen molar-refractivity contribution in [3.63, 3.8) is 0 Å². The van der Waals surface area contributed by atoms with E-state index < -0.39 is 0 Å². The van der Waals surface area contributed by atoms with Crippen LogP contribution < -0.4 is 10.5 Å². The minimum Gasteiger partial charge on any atom is -0.497 e.